The number of aliphatic hydroxyl groups is 1. The monoisotopic (exact) mass is 415 g/mol. The third-order valence-electron chi connectivity index (χ3n) is 3.73. The van der Waals surface area contributed by atoms with Crippen molar-refractivity contribution in [1.29, 1.82) is 0 Å². The molecule has 0 saturated carbocycles. The average molecular weight is 415 g/mol. The lowest BCUT2D eigenvalue weighted by molar-refractivity contribution is -0.140. The number of nitrogens with zero attached hydrogens (tertiary/aromatic N) is 1. The summed E-state index contributed by atoms with van der Waals surface area (Å²) in [4.78, 5) is 41.4. The summed E-state index contributed by atoms with van der Waals surface area (Å²) < 4.78 is 4.87. The van der Waals surface area contributed by atoms with Crippen LogP contribution in [0.25, 0.3) is 0 Å². The highest BCUT2D eigenvalue weighted by molar-refractivity contribution is 7.99. The van der Waals surface area contributed by atoms with E-state index in [2.05, 4.69) is 9.99 Å². The third kappa shape index (κ3) is 6.55. The minimum atomic E-state index is -0.590. The zero-order chi connectivity index (χ0) is 21.4. The zero-order valence-corrected chi connectivity index (χ0v) is 17.1. The molecule has 2 aromatic carbocycles. The molecule has 0 spiro atoms. The van der Waals surface area contributed by atoms with E-state index in [4.69, 9.17) is 9.84 Å². The van der Waals surface area contributed by atoms with Gasteiger partial charge >= 0.3 is 11.9 Å². The van der Waals surface area contributed by atoms with Gasteiger partial charge in [0, 0.05) is 22.3 Å². The molecule has 0 amide bonds. The van der Waals surface area contributed by atoms with E-state index in [0.29, 0.717) is 11.1 Å². The van der Waals surface area contributed by atoms with Crippen molar-refractivity contribution in [2.75, 3.05) is 13.2 Å². The predicted molar refractivity (Wildman–Crippen MR) is 108 cm³/mol. The van der Waals surface area contributed by atoms with Crippen molar-refractivity contribution in [3.05, 3.63) is 59.2 Å². The summed E-state index contributed by atoms with van der Waals surface area (Å²) in [6, 6.07) is 12.3. The molecule has 0 fully saturated rings. The van der Waals surface area contributed by atoms with Gasteiger partial charge in [-0.2, -0.15) is 0 Å². The van der Waals surface area contributed by atoms with Gasteiger partial charge in [-0.15, -0.1) is 0 Å². The van der Waals surface area contributed by atoms with E-state index in [-0.39, 0.29) is 24.7 Å². The van der Waals surface area contributed by atoms with Crippen molar-refractivity contribution < 1.29 is 29.1 Å². The second kappa shape index (κ2) is 10.5. The van der Waals surface area contributed by atoms with E-state index >= 15 is 0 Å². The Balaban J connectivity index is 2.09. The van der Waals surface area contributed by atoms with Crippen molar-refractivity contribution in [3.63, 3.8) is 0 Å². The number of ether oxygens (including phenoxy) is 1. The van der Waals surface area contributed by atoms with Crippen LogP contribution in [0.1, 0.15) is 40.1 Å². The number of carbonyl (C=O) groups excluding carboxylic acids is 3. The molecule has 7 nitrogen and oxygen atoms in total. The van der Waals surface area contributed by atoms with Gasteiger partial charge in [0.2, 0.25) is 5.78 Å². The highest BCUT2D eigenvalue weighted by Crippen LogP contribution is 2.29. The van der Waals surface area contributed by atoms with Gasteiger partial charge in [0.1, 0.15) is 12.3 Å². The molecule has 0 radical (unpaired) electrons. The van der Waals surface area contributed by atoms with Crippen LogP contribution in [0, 0.1) is 6.92 Å². The average Bonchev–Trinajstić information content (AvgIpc) is 2.70. The number of hydrogen-bond acceptors (Lipinski definition) is 8. The van der Waals surface area contributed by atoms with Crippen LogP contribution in [-0.2, 0) is 14.4 Å². The molecule has 1 N–H and O–H groups in total. The van der Waals surface area contributed by atoms with E-state index in [9.17, 15) is 14.4 Å². The maximum Gasteiger partial charge on any atom is 0.338 e. The van der Waals surface area contributed by atoms with Gasteiger partial charge in [-0.05, 0) is 61.9 Å². The largest absolute Gasteiger partial charge is 0.460 e. The summed E-state index contributed by atoms with van der Waals surface area (Å²) in [5.74, 6) is -1.39. The van der Waals surface area contributed by atoms with E-state index < -0.39 is 11.9 Å². The Morgan fingerprint density at radius 1 is 1.03 bits per heavy atom. The predicted octanol–water partition coefficient (Wildman–Crippen LogP) is 3.42. The van der Waals surface area contributed by atoms with Crippen LogP contribution >= 0.6 is 11.8 Å². The van der Waals surface area contributed by atoms with Gasteiger partial charge in [0.05, 0.1) is 12.2 Å². The molecule has 0 unspecified atom stereocenters. The minimum absolute atomic E-state index is 0.0370. The molecule has 0 saturated heterocycles. The SMILES string of the molecule is CC(=O)ON=C(C)C(=O)c1ccc(Sc2ccc(C(=O)OCCO)cc2)cc1C. The van der Waals surface area contributed by atoms with Crippen LogP contribution in [0.4, 0.5) is 0 Å². The zero-order valence-electron chi connectivity index (χ0n) is 16.3. The van der Waals surface area contributed by atoms with E-state index in [0.717, 1.165) is 15.4 Å². The molecule has 29 heavy (non-hydrogen) atoms. The lowest BCUT2D eigenvalue weighted by Crippen LogP contribution is -2.13. The molecular weight excluding hydrogens is 394 g/mol. The Bertz CT molecular complexity index is 937. The van der Waals surface area contributed by atoms with Gasteiger partial charge < -0.3 is 14.7 Å². The van der Waals surface area contributed by atoms with E-state index in [1.807, 2.05) is 19.1 Å². The first kappa shape index (κ1) is 22.3. The van der Waals surface area contributed by atoms with Gasteiger partial charge in [-0.3, -0.25) is 4.79 Å². The molecular formula is C21H21NO6S. The van der Waals surface area contributed by atoms with Crippen molar-refractivity contribution in [3.8, 4) is 0 Å². The molecule has 0 aliphatic heterocycles. The summed E-state index contributed by atoms with van der Waals surface area (Å²) >= 11 is 1.48. The highest BCUT2D eigenvalue weighted by Gasteiger charge is 2.14. The fourth-order valence-electron chi connectivity index (χ4n) is 2.34. The van der Waals surface area contributed by atoms with Crippen LogP contribution in [-0.4, -0.2) is 41.8 Å². The molecule has 0 heterocycles. The Morgan fingerprint density at radius 3 is 2.28 bits per heavy atom. The Kier molecular flexibility index (Phi) is 8.11. The summed E-state index contributed by atoms with van der Waals surface area (Å²) in [5, 5.41) is 12.2. The number of ketones is 1. The Labute approximate surface area is 172 Å². The number of benzene rings is 2. The van der Waals surface area contributed by atoms with Gasteiger partial charge in [-0.25, -0.2) is 9.59 Å². The van der Waals surface area contributed by atoms with Crippen LogP contribution in [0.2, 0.25) is 0 Å². The quantitative estimate of drug-likeness (QED) is 0.232. The normalized spacial score (nSPS) is 11.1. The molecule has 8 heteroatoms. The molecule has 0 bridgehead atoms. The van der Waals surface area contributed by atoms with E-state index in [1.54, 1.807) is 30.3 Å². The molecule has 0 aromatic heterocycles. The number of hydrogen-bond donors (Lipinski definition) is 1. The third-order valence-corrected chi connectivity index (χ3v) is 4.73. The number of aryl methyl sites for hydroxylation is 1. The molecule has 0 aliphatic rings. The lowest BCUT2D eigenvalue weighted by atomic mass is 10.0. The Hall–Kier alpha value is -2.97. The van der Waals surface area contributed by atoms with Crippen molar-refractivity contribution in [1.82, 2.24) is 0 Å². The number of aliphatic hydroxyl groups excluding tert-OH is 1. The highest BCUT2D eigenvalue weighted by atomic mass is 32.2. The number of esters is 1. The number of oxime groups is 1. The summed E-state index contributed by atoms with van der Waals surface area (Å²) in [6.07, 6.45) is 0. The first-order valence-corrected chi connectivity index (χ1v) is 9.57. The van der Waals surface area contributed by atoms with Gasteiger partial charge in [-0.1, -0.05) is 16.9 Å². The molecule has 152 valence electrons. The summed E-state index contributed by atoms with van der Waals surface area (Å²) in [5.41, 5.74) is 1.74. The van der Waals surface area contributed by atoms with Crippen molar-refractivity contribution >= 4 is 35.2 Å². The van der Waals surface area contributed by atoms with Gasteiger partial charge in [0.15, 0.2) is 0 Å². The maximum atomic E-state index is 12.4. The molecule has 2 aromatic rings. The maximum absolute atomic E-state index is 12.4. The lowest BCUT2D eigenvalue weighted by Gasteiger charge is -2.08. The first-order valence-electron chi connectivity index (χ1n) is 8.75. The smallest absolute Gasteiger partial charge is 0.338 e. The standard InChI is InChI=1S/C21H21NO6S/c1-13-12-18(8-9-19(13)20(25)14(2)22-28-15(3)24)29-17-6-4-16(5-7-17)21(26)27-11-10-23/h4-9,12,23H,10-11H2,1-3H3. The number of carbonyl (C=O) groups is 3. The Morgan fingerprint density at radius 2 is 1.69 bits per heavy atom. The first-order chi connectivity index (χ1) is 13.8. The van der Waals surface area contributed by atoms with E-state index in [1.165, 1.54) is 25.6 Å². The van der Waals surface area contributed by atoms with Crippen LogP contribution in [0.5, 0.6) is 0 Å². The number of rotatable bonds is 8. The van der Waals surface area contributed by atoms with Crippen molar-refractivity contribution in [2.45, 2.75) is 30.6 Å². The fourth-order valence-corrected chi connectivity index (χ4v) is 3.26. The van der Waals surface area contributed by atoms with Gasteiger partial charge in [0.25, 0.3) is 0 Å². The second-order valence-corrected chi connectivity index (χ2v) is 7.20. The fraction of sp³-hybridized carbons (Fsp3) is 0.238. The topological polar surface area (TPSA) is 102 Å². The van der Waals surface area contributed by atoms with Crippen LogP contribution in [0.15, 0.2) is 57.4 Å². The second-order valence-electron chi connectivity index (χ2n) is 6.05. The van der Waals surface area contributed by atoms with Crippen LogP contribution < -0.4 is 0 Å². The van der Waals surface area contributed by atoms with Crippen molar-refractivity contribution in [2.24, 2.45) is 5.16 Å². The molecule has 0 aliphatic carbocycles. The van der Waals surface area contributed by atoms with Crippen LogP contribution in [0.3, 0.4) is 0 Å². The summed E-state index contributed by atoms with van der Waals surface area (Å²) in [6.45, 7) is 4.26. The molecule has 0 atom stereocenters. The summed E-state index contributed by atoms with van der Waals surface area (Å²) in [7, 11) is 0. The number of Topliss-reactive ketones (excluding diaryl/α,β-unsaturated/α-hetero) is 1. The molecule has 2 rings (SSSR count). The minimum Gasteiger partial charge on any atom is -0.460 e.